The molecule has 6 heteroatoms. The van der Waals surface area contributed by atoms with Crippen molar-refractivity contribution in [1.29, 1.82) is 0 Å². The van der Waals surface area contributed by atoms with E-state index in [4.69, 9.17) is 0 Å². The predicted octanol–water partition coefficient (Wildman–Crippen LogP) is 1.51. The lowest BCUT2D eigenvalue weighted by molar-refractivity contribution is -0.141. The smallest absolute Gasteiger partial charge is 0.228 e. The van der Waals surface area contributed by atoms with E-state index in [1.165, 1.54) is 16.9 Å². The van der Waals surface area contributed by atoms with Gasteiger partial charge in [-0.2, -0.15) is 5.10 Å². The molecule has 3 heterocycles. The standard InChI is InChI=1S/C20H27N5O/c1-16-17(12-21-22(16)2)13-23-14-18(15-23)20(26)25-10-8-24(9-11-25)19-6-4-3-5-7-19/h3-7,12,18H,8-11,13-15H2,1-2H3. The van der Waals surface area contributed by atoms with Gasteiger partial charge >= 0.3 is 0 Å². The first kappa shape index (κ1) is 17.1. The molecule has 0 aliphatic carbocycles. The van der Waals surface area contributed by atoms with E-state index in [0.29, 0.717) is 5.91 Å². The zero-order valence-corrected chi connectivity index (χ0v) is 15.6. The average molecular weight is 353 g/mol. The first-order valence-corrected chi connectivity index (χ1v) is 9.40. The number of anilines is 1. The second-order valence-electron chi connectivity index (χ2n) is 7.42. The number of carbonyl (C=O) groups is 1. The molecule has 1 aromatic carbocycles. The predicted molar refractivity (Wildman–Crippen MR) is 102 cm³/mol. The third-order valence-corrected chi connectivity index (χ3v) is 5.75. The minimum absolute atomic E-state index is 0.162. The summed E-state index contributed by atoms with van der Waals surface area (Å²) < 4.78 is 1.91. The normalized spacial score (nSPS) is 18.8. The highest BCUT2D eigenvalue weighted by Gasteiger charge is 2.36. The number of para-hydroxylation sites is 1. The van der Waals surface area contributed by atoms with Gasteiger partial charge in [-0.3, -0.25) is 14.4 Å². The maximum Gasteiger partial charge on any atom is 0.228 e. The van der Waals surface area contributed by atoms with Crippen molar-refractivity contribution in [3.05, 3.63) is 47.8 Å². The van der Waals surface area contributed by atoms with Gasteiger partial charge in [0, 0.05) is 69.8 Å². The van der Waals surface area contributed by atoms with Crippen LogP contribution in [0.3, 0.4) is 0 Å². The maximum absolute atomic E-state index is 12.8. The fourth-order valence-corrected chi connectivity index (χ4v) is 3.88. The SMILES string of the molecule is Cc1c(CN2CC(C(=O)N3CCN(c4ccccc4)CC3)C2)cnn1C. The lowest BCUT2D eigenvalue weighted by atomic mass is 9.97. The van der Waals surface area contributed by atoms with Crippen LogP contribution in [0.15, 0.2) is 36.5 Å². The van der Waals surface area contributed by atoms with Crippen LogP contribution in [-0.4, -0.2) is 64.8 Å². The molecule has 0 bridgehead atoms. The van der Waals surface area contributed by atoms with Crippen molar-refractivity contribution in [3.8, 4) is 0 Å². The van der Waals surface area contributed by atoms with E-state index in [9.17, 15) is 4.79 Å². The van der Waals surface area contributed by atoms with Gasteiger partial charge in [-0.25, -0.2) is 0 Å². The largest absolute Gasteiger partial charge is 0.368 e. The molecule has 0 unspecified atom stereocenters. The Morgan fingerprint density at radius 1 is 1.12 bits per heavy atom. The summed E-state index contributed by atoms with van der Waals surface area (Å²) in [4.78, 5) is 19.5. The maximum atomic E-state index is 12.8. The van der Waals surface area contributed by atoms with E-state index < -0.39 is 0 Å². The highest BCUT2D eigenvalue weighted by atomic mass is 16.2. The summed E-state index contributed by atoms with van der Waals surface area (Å²) in [7, 11) is 1.97. The molecule has 6 nitrogen and oxygen atoms in total. The summed E-state index contributed by atoms with van der Waals surface area (Å²) in [6, 6.07) is 10.5. The molecular formula is C20H27N5O. The van der Waals surface area contributed by atoms with Gasteiger partial charge in [0.1, 0.15) is 0 Å². The van der Waals surface area contributed by atoms with Crippen LogP contribution in [0.5, 0.6) is 0 Å². The lowest BCUT2D eigenvalue weighted by Gasteiger charge is -2.43. The van der Waals surface area contributed by atoms with Crippen LogP contribution >= 0.6 is 0 Å². The van der Waals surface area contributed by atoms with Gasteiger partial charge in [0.25, 0.3) is 0 Å². The van der Waals surface area contributed by atoms with Crippen molar-refractivity contribution in [1.82, 2.24) is 19.6 Å². The Balaban J connectivity index is 1.25. The molecule has 4 rings (SSSR count). The van der Waals surface area contributed by atoms with Crippen LogP contribution in [0.1, 0.15) is 11.3 Å². The zero-order chi connectivity index (χ0) is 18.1. The van der Waals surface area contributed by atoms with Crippen molar-refractivity contribution in [3.63, 3.8) is 0 Å². The Kier molecular flexibility index (Phi) is 4.68. The average Bonchev–Trinajstić information content (AvgIpc) is 2.96. The number of aromatic nitrogens is 2. The van der Waals surface area contributed by atoms with Gasteiger partial charge < -0.3 is 9.80 Å². The van der Waals surface area contributed by atoms with E-state index in [1.807, 2.05) is 24.0 Å². The number of hydrogen-bond acceptors (Lipinski definition) is 4. The number of piperazine rings is 1. The van der Waals surface area contributed by atoms with Gasteiger partial charge in [0.15, 0.2) is 0 Å². The number of hydrogen-bond donors (Lipinski definition) is 0. The fourth-order valence-electron chi connectivity index (χ4n) is 3.88. The summed E-state index contributed by atoms with van der Waals surface area (Å²) in [5, 5.41) is 4.30. The second kappa shape index (κ2) is 7.11. The summed E-state index contributed by atoms with van der Waals surface area (Å²) >= 11 is 0. The van der Waals surface area contributed by atoms with E-state index >= 15 is 0 Å². The second-order valence-corrected chi connectivity index (χ2v) is 7.42. The fraction of sp³-hybridized carbons (Fsp3) is 0.500. The molecule has 2 aliphatic heterocycles. The number of aryl methyl sites for hydroxylation is 1. The summed E-state index contributed by atoms with van der Waals surface area (Å²) in [6.07, 6.45) is 1.94. The molecule has 2 aromatic rings. The van der Waals surface area contributed by atoms with Crippen molar-refractivity contribution < 1.29 is 4.79 Å². The van der Waals surface area contributed by atoms with Gasteiger partial charge in [0.2, 0.25) is 5.91 Å². The molecular weight excluding hydrogens is 326 g/mol. The molecule has 2 saturated heterocycles. The Bertz CT molecular complexity index is 758. The van der Waals surface area contributed by atoms with Crippen LogP contribution in [0.25, 0.3) is 0 Å². The first-order valence-electron chi connectivity index (χ1n) is 9.40. The van der Waals surface area contributed by atoms with Gasteiger partial charge in [-0.15, -0.1) is 0 Å². The van der Waals surface area contributed by atoms with Gasteiger partial charge in [-0.1, -0.05) is 18.2 Å². The number of amides is 1. The van der Waals surface area contributed by atoms with Crippen molar-refractivity contribution in [2.75, 3.05) is 44.2 Å². The van der Waals surface area contributed by atoms with Gasteiger partial charge in [-0.05, 0) is 19.1 Å². The number of carbonyl (C=O) groups excluding carboxylic acids is 1. The molecule has 1 amide bonds. The Hall–Kier alpha value is -2.34. The Morgan fingerprint density at radius 2 is 1.81 bits per heavy atom. The van der Waals surface area contributed by atoms with Gasteiger partial charge in [0.05, 0.1) is 12.1 Å². The van der Waals surface area contributed by atoms with Crippen LogP contribution in [0.2, 0.25) is 0 Å². The topological polar surface area (TPSA) is 44.6 Å². The minimum atomic E-state index is 0.162. The minimum Gasteiger partial charge on any atom is -0.368 e. The Morgan fingerprint density at radius 3 is 2.42 bits per heavy atom. The van der Waals surface area contributed by atoms with Crippen LogP contribution < -0.4 is 4.90 Å². The van der Waals surface area contributed by atoms with Crippen LogP contribution in [-0.2, 0) is 18.4 Å². The van der Waals surface area contributed by atoms with Crippen molar-refractivity contribution in [2.24, 2.45) is 13.0 Å². The molecule has 2 fully saturated rings. The zero-order valence-electron chi connectivity index (χ0n) is 15.6. The third kappa shape index (κ3) is 3.33. The number of rotatable bonds is 4. The number of likely N-dealkylation sites (tertiary alicyclic amines) is 1. The molecule has 0 spiro atoms. The number of nitrogens with zero attached hydrogens (tertiary/aromatic N) is 5. The molecule has 2 aliphatic rings. The molecule has 0 saturated carbocycles. The number of benzene rings is 1. The molecule has 0 atom stereocenters. The van der Waals surface area contributed by atoms with E-state index in [0.717, 1.165) is 45.8 Å². The molecule has 1 aromatic heterocycles. The first-order chi connectivity index (χ1) is 12.6. The van der Waals surface area contributed by atoms with Crippen molar-refractivity contribution >= 4 is 11.6 Å². The van der Waals surface area contributed by atoms with E-state index in [-0.39, 0.29) is 5.92 Å². The van der Waals surface area contributed by atoms with Crippen molar-refractivity contribution in [2.45, 2.75) is 13.5 Å². The summed E-state index contributed by atoms with van der Waals surface area (Å²) in [5.74, 6) is 0.493. The molecule has 26 heavy (non-hydrogen) atoms. The molecule has 0 radical (unpaired) electrons. The summed E-state index contributed by atoms with van der Waals surface area (Å²) in [5.41, 5.74) is 3.72. The van der Waals surface area contributed by atoms with Crippen LogP contribution in [0, 0.1) is 12.8 Å². The van der Waals surface area contributed by atoms with E-state index in [1.54, 1.807) is 0 Å². The van der Waals surface area contributed by atoms with E-state index in [2.05, 4.69) is 51.0 Å². The highest BCUT2D eigenvalue weighted by Crippen LogP contribution is 2.23. The quantitative estimate of drug-likeness (QED) is 0.836. The lowest BCUT2D eigenvalue weighted by Crippen LogP contribution is -2.57. The third-order valence-electron chi connectivity index (χ3n) is 5.75. The summed E-state index contributed by atoms with van der Waals surface area (Å²) in [6.45, 7) is 8.21. The highest BCUT2D eigenvalue weighted by molar-refractivity contribution is 5.80. The molecule has 138 valence electrons. The van der Waals surface area contributed by atoms with Crippen LogP contribution in [0.4, 0.5) is 5.69 Å². The Labute approximate surface area is 155 Å². The monoisotopic (exact) mass is 353 g/mol. The molecule has 0 N–H and O–H groups in total.